The molecule has 15 heavy (non-hydrogen) atoms. The third-order valence-electron chi connectivity index (χ3n) is 1.87. The molecule has 0 aliphatic carbocycles. The Morgan fingerprint density at radius 2 is 2.47 bits per heavy atom. The highest BCUT2D eigenvalue weighted by atomic mass is 35.5. The summed E-state index contributed by atoms with van der Waals surface area (Å²) >= 11 is 7.20. The van der Waals surface area contributed by atoms with Crippen LogP contribution < -0.4 is 0 Å². The lowest BCUT2D eigenvalue weighted by molar-refractivity contribution is 0.0532. The van der Waals surface area contributed by atoms with Gasteiger partial charge in [-0.25, -0.2) is 9.78 Å². The molecule has 0 aliphatic heterocycles. The van der Waals surface area contributed by atoms with Gasteiger partial charge < -0.3 is 4.74 Å². The second-order valence-electron chi connectivity index (χ2n) is 2.85. The topological polar surface area (TPSA) is 39.2 Å². The average molecular weight is 242 g/mol. The van der Waals surface area contributed by atoms with Crippen molar-refractivity contribution in [2.24, 2.45) is 0 Å². The number of rotatable bonds is 2. The Balaban J connectivity index is 2.47. The molecule has 0 unspecified atom stereocenters. The van der Waals surface area contributed by atoms with Gasteiger partial charge in [-0.2, -0.15) is 0 Å². The highest BCUT2D eigenvalue weighted by molar-refractivity contribution is 7.21. The van der Waals surface area contributed by atoms with Crippen molar-refractivity contribution in [3.05, 3.63) is 28.4 Å². The molecule has 0 amide bonds. The van der Waals surface area contributed by atoms with E-state index in [0.29, 0.717) is 16.6 Å². The largest absolute Gasteiger partial charge is 0.462 e. The van der Waals surface area contributed by atoms with Gasteiger partial charge in [-0.05, 0) is 24.4 Å². The van der Waals surface area contributed by atoms with Gasteiger partial charge in [0.1, 0.15) is 10.0 Å². The minimum atomic E-state index is -0.310. The summed E-state index contributed by atoms with van der Waals surface area (Å²) < 4.78 is 5.73. The van der Waals surface area contributed by atoms with Crippen LogP contribution >= 0.6 is 22.9 Å². The van der Waals surface area contributed by atoms with E-state index in [1.165, 1.54) is 11.3 Å². The van der Waals surface area contributed by atoms with E-state index < -0.39 is 0 Å². The highest BCUT2D eigenvalue weighted by Gasteiger charge is 2.12. The minimum Gasteiger partial charge on any atom is -0.462 e. The maximum absolute atomic E-state index is 11.5. The van der Waals surface area contributed by atoms with E-state index in [0.717, 1.165) is 10.1 Å². The molecule has 0 radical (unpaired) electrons. The fraction of sp³-hybridized carbons (Fsp3) is 0.200. The van der Waals surface area contributed by atoms with Gasteiger partial charge in [0, 0.05) is 6.20 Å². The number of hydrogen-bond donors (Lipinski definition) is 0. The molecule has 0 saturated carbocycles. The number of fused-ring (bicyclic) bond motifs is 1. The Hall–Kier alpha value is -1.13. The van der Waals surface area contributed by atoms with Crippen molar-refractivity contribution in [2.75, 3.05) is 6.61 Å². The van der Waals surface area contributed by atoms with Gasteiger partial charge in [0.15, 0.2) is 0 Å². The van der Waals surface area contributed by atoms with Crippen LogP contribution in [0.4, 0.5) is 0 Å². The lowest BCUT2D eigenvalue weighted by atomic mass is 10.3. The summed E-state index contributed by atoms with van der Waals surface area (Å²) in [6.07, 6.45) is 1.62. The lowest BCUT2D eigenvalue weighted by Crippen LogP contribution is -2.01. The molecule has 2 heterocycles. The maximum Gasteiger partial charge on any atom is 0.348 e. The second kappa shape index (κ2) is 4.16. The van der Waals surface area contributed by atoms with Gasteiger partial charge >= 0.3 is 5.97 Å². The number of hydrogen-bond acceptors (Lipinski definition) is 4. The number of pyridine rings is 1. The van der Waals surface area contributed by atoms with Crippen molar-refractivity contribution in [3.8, 4) is 0 Å². The number of carbonyl (C=O) groups is 1. The van der Waals surface area contributed by atoms with Gasteiger partial charge in [0.25, 0.3) is 0 Å². The van der Waals surface area contributed by atoms with E-state index in [4.69, 9.17) is 16.3 Å². The van der Waals surface area contributed by atoms with E-state index in [9.17, 15) is 4.79 Å². The fourth-order valence-electron chi connectivity index (χ4n) is 1.23. The number of esters is 1. The Morgan fingerprint density at radius 3 is 3.13 bits per heavy atom. The lowest BCUT2D eigenvalue weighted by Gasteiger charge is -1.95. The summed E-state index contributed by atoms with van der Waals surface area (Å²) in [5.74, 6) is -0.310. The summed E-state index contributed by atoms with van der Waals surface area (Å²) in [7, 11) is 0. The number of nitrogens with zero attached hydrogens (tertiary/aromatic N) is 1. The number of ether oxygens (including phenoxy) is 1. The van der Waals surface area contributed by atoms with Gasteiger partial charge in [0.05, 0.1) is 11.3 Å². The normalized spacial score (nSPS) is 10.5. The third-order valence-corrected chi connectivity index (χ3v) is 3.40. The predicted molar refractivity (Wildman–Crippen MR) is 60.6 cm³/mol. The first-order valence-electron chi connectivity index (χ1n) is 4.43. The van der Waals surface area contributed by atoms with Gasteiger partial charge in [-0.1, -0.05) is 11.6 Å². The molecule has 2 aromatic heterocycles. The molecule has 0 atom stereocenters. The number of aromatic nitrogens is 1. The van der Waals surface area contributed by atoms with E-state index in [1.54, 1.807) is 19.2 Å². The summed E-state index contributed by atoms with van der Waals surface area (Å²) in [4.78, 5) is 16.0. The molecule has 0 fully saturated rings. The summed E-state index contributed by atoms with van der Waals surface area (Å²) in [6.45, 7) is 2.15. The molecule has 0 bridgehead atoms. The van der Waals surface area contributed by atoms with Crippen molar-refractivity contribution in [1.82, 2.24) is 4.98 Å². The van der Waals surface area contributed by atoms with Crippen LogP contribution in [0.2, 0.25) is 5.15 Å². The van der Waals surface area contributed by atoms with Crippen molar-refractivity contribution in [3.63, 3.8) is 0 Å². The van der Waals surface area contributed by atoms with Gasteiger partial charge in [0.2, 0.25) is 0 Å². The van der Waals surface area contributed by atoms with Gasteiger partial charge in [-0.3, -0.25) is 0 Å². The molecule has 0 spiro atoms. The van der Waals surface area contributed by atoms with Gasteiger partial charge in [-0.15, -0.1) is 11.3 Å². The Morgan fingerprint density at radius 1 is 1.67 bits per heavy atom. The van der Waals surface area contributed by atoms with Crippen molar-refractivity contribution in [1.29, 1.82) is 0 Å². The van der Waals surface area contributed by atoms with Crippen molar-refractivity contribution in [2.45, 2.75) is 6.92 Å². The monoisotopic (exact) mass is 241 g/mol. The molecular formula is C10H8ClNO2S. The van der Waals surface area contributed by atoms with E-state index in [2.05, 4.69) is 4.98 Å². The molecule has 0 aliphatic rings. The van der Waals surface area contributed by atoms with Crippen LogP contribution in [-0.4, -0.2) is 17.6 Å². The van der Waals surface area contributed by atoms with E-state index in [-0.39, 0.29) is 5.97 Å². The van der Waals surface area contributed by atoms with E-state index in [1.807, 2.05) is 6.07 Å². The Kier molecular flexibility index (Phi) is 2.88. The molecule has 0 saturated heterocycles. The Labute approximate surface area is 95.6 Å². The van der Waals surface area contributed by atoms with Crippen LogP contribution in [0.15, 0.2) is 18.3 Å². The Bertz CT molecular complexity index is 509. The fourth-order valence-corrected chi connectivity index (χ4v) is 2.45. The SMILES string of the molecule is CCOC(=O)c1cc2ccnc(Cl)c2s1. The molecule has 3 nitrogen and oxygen atoms in total. The van der Waals surface area contributed by atoms with Crippen LogP contribution in [0.3, 0.4) is 0 Å². The first-order chi connectivity index (χ1) is 7.22. The van der Waals surface area contributed by atoms with E-state index >= 15 is 0 Å². The third kappa shape index (κ3) is 1.96. The van der Waals surface area contributed by atoms with Crippen molar-refractivity contribution >= 4 is 39.0 Å². The zero-order valence-corrected chi connectivity index (χ0v) is 9.56. The second-order valence-corrected chi connectivity index (χ2v) is 4.26. The van der Waals surface area contributed by atoms with Crippen LogP contribution in [-0.2, 0) is 4.74 Å². The van der Waals surface area contributed by atoms with Crippen LogP contribution in [0.1, 0.15) is 16.6 Å². The number of halogens is 1. The highest BCUT2D eigenvalue weighted by Crippen LogP contribution is 2.30. The predicted octanol–water partition coefficient (Wildman–Crippen LogP) is 3.13. The standard InChI is InChI=1S/C10H8ClNO2S/c1-2-14-10(13)7-5-6-3-4-12-9(11)8(6)15-7/h3-5H,2H2,1H3. The smallest absolute Gasteiger partial charge is 0.348 e. The zero-order chi connectivity index (χ0) is 10.8. The molecular weight excluding hydrogens is 234 g/mol. The quantitative estimate of drug-likeness (QED) is 0.599. The summed E-state index contributed by atoms with van der Waals surface area (Å²) in [5, 5.41) is 1.34. The molecule has 5 heteroatoms. The van der Waals surface area contributed by atoms with Crippen LogP contribution in [0.25, 0.3) is 10.1 Å². The molecule has 2 rings (SSSR count). The molecule has 78 valence electrons. The van der Waals surface area contributed by atoms with Crippen LogP contribution in [0, 0.1) is 0 Å². The average Bonchev–Trinajstić information content (AvgIpc) is 2.63. The maximum atomic E-state index is 11.5. The first kappa shape index (κ1) is 10.4. The van der Waals surface area contributed by atoms with Crippen molar-refractivity contribution < 1.29 is 9.53 Å². The summed E-state index contributed by atoms with van der Waals surface area (Å²) in [5.41, 5.74) is 0. The number of carbonyl (C=O) groups excluding carboxylic acids is 1. The molecule has 0 N–H and O–H groups in total. The minimum absolute atomic E-state index is 0.310. The zero-order valence-electron chi connectivity index (χ0n) is 7.99. The van der Waals surface area contributed by atoms with Crippen LogP contribution in [0.5, 0.6) is 0 Å². The molecule has 2 aromatic rings. The first-order valence-corrected chi connectivity index (χ1v) is 5.63. The summed E-state index contributed by atoms with van der Waals surface area (Å²) in [6, 6.07) is 3.59. The molecule has 0 aromatic carbocycles. The number of thiophene rings is 1.